The summed E-state index contributed by atoms with van der Waals surface area (Å²) < 4.78 is 14.7. The number of aryl methyl sites for hydroxylation is 1. The average Bonchev–Trinajstić information content (AvgIpc) is 2.75. The molecule has 0 spiro atoms. The van der Waals surface area contributed by atoms with Crippen molar-refractivity contribution >= 4 is 5.97 Å². The van der Waals surface area contributed by atoms with Crippen molar-refractivity contribution in [3.63, 3.8) is 0 Å². The predicted octanol–water partition coefficient (Wildman–Crippen LogP) is 0.349. The molecule has 0 aliphatic rings. The Bertz CT molecular complexity index is 542. The summed E-state index contributed by atoms with van der Waals surface area (Å²) in [6, 6.07) is 1.43. The average molecular weight is 237 g/mol. The molecular weight excluding hydrogens is 229 g/mol. The van der Waals surface area contributed by atoms with Gasteiger partial charge in [-0.2, -0.15) is 0 Å². The van der Waals surface area contributed by atoms with Crippen LogP contribution in [0, 0.1) is 5.82 Å². The second-order valence-corrected chi connectivity index (χ2v) is 3.22. The van der Waals surface area contributed by atoms with Crippen LogP contribution in [0.25, 0.3) is 11.4 Å². The van der Waals surface area contributed by atoms with Crippen LogP contribution < -0.4 is 0 Å². The maximum atomic E-state index is 13.4. The third kappa shape index (κ3) is 2.41. The fraction of sp³-hybridized carbons (Fsp3) is 0.222. The molecule has 2 aromatic rings. The van der Waals surface area contributed by atoms with Crippen LogP contribution in [-0.2, 0) is 11.3 Å². The lowest BCUT2D eigenvalue weighted by molar-refractivity contribution is -0.137. The van der Waals surface area contributed by atoms with E-state index in [1.165, 1.54) is 16.9 Å². The maximum Gasteiger partial charge on any atom is 0.305 e. The Labute approximate surface area is 94.9 Å². The molecule has 0 aliphatic carbocycles. The molecule has 1 N–H and O–H groups in total. The summed E-state index contributed by atoms with van der Waals surface area (Å²) >= 11 is 0. The molecule has 8 heteroatoms. The summed E-state index contributed by atoms with van der Waals surface area (Å²) in [7, 11) is 0. The van der Waals surface area contributed by atoms with E-state index in [0.717, 1.165) is 6.20 Å². The number of pyridine rings is 1. The molecule has 0 saturated heterocycles. The fourth-order valence-electron chi connectivity index (χ4n) is 1.31. The maximum absolute atomic E-state index is 13.4. The van der Waals surface area contributed by atoms with Crippen LogP contribution in [0.5, 0.6) is 0 Å². The number of carboxylic acid groups (broad SMARTS) is 1. The first-order valence-corrected chi connectivity index (χ1v) is 4.76. The van der Waals surface area contributed by atoms with E-state index >= 15 is 0 Å². The Morgan fingerprint density at radius 2 is 2.35 bits per heavy atom. The van der Waals surface area contributed by atoms with Gasteiger partial charge in [0.15, 0.2) is 11.6 Å². The molecule has 0 bridgehead atoms. The van der Waals surface area contributed by atoms with Crippen LogP contribution in [-0.4, -0.2) is 36.3 Å². The van der Waals surface area contributed by atoms with E-state index in [1.54, 1.807) is 0 Å². The molecule has 0 unspecified atom stereocenters. The van der Waals surface area contributed by atoms with E-state index in [-0.39, 0.29) is 24.4 Å². The predicted molar refractivity (Wildman–Crippen MR) is 53.3 cm³/mol. The van der Waals surface area contributed by atoms with Crippen LogP contribution in [0.15, 0.2) is 18.5 Å². The van der Waals surface area contributed by atoms with Crippen LogP contribution in [0.2, 0.25) is 0 Å². The van der Waals surface area contributed by atoms with Crippen LogP contribution >= 0.6 is 0 Å². The molecule has 17 heavy (non-hydrogen) atoms. The van der Waals surface area contributed by atoms with Gasteiger partial charge in [0, 0.05) is 6.20 Å². The fourth-order valence-corrected chi connectivity index (χ4v) is 1.31. The molecule has 0 amide bonds. The highest BCUT2D eigenvalue weighted by Crippen LogP contribution is 2.18. The van der Waals surface area contributed by atoms with Gasteiger partial charge >= 0.3 is 5.97 Å². The van der Waals surface area contributed by atoms with Crippen molar-refractivity contribution in [2.24, 2.45) is 0 Å². The van der Waals surface area contributed by atoms with Crippen LogP contribution in [0.4, 0.5) is 4.39 Å². The summed E-state index contributed by atoms with van der Waals surface area (Å²) in [4.78, 5) is 14.1. The van der Waals surface area contributed by atoms with E-state index in [2.05, 4.69) is 20.5 Å². The van der Waals surface area contributed by atoms with Gasteiger partial charge in [0.1, 0.15) is 0 Å². The first-order chi connectivity index (χ1) is 8.18. The van der Waals surface area contributed by atoms with E-state index in [1.807, 2.05) is 0 Å². The number of aliphatic carboxylic acids is 1. The van der Waals surface area contributed by atoms with Crippen LogP contribution in [0.3, 0.4) is 0 Å². The molecule has 0 radical (unpaired) electrons. The zero-order chi connectivity index (χ0) is 12.3. The molecule has 2 rings (SSSR count). The van der Waals surface area contributed by atoms with Crippen molar-refractivity contribution in [2.45, 2.75) is 13.0 Å². The summed E-state index contributed by atoms with van der Waals surface area (Å²) in [6.07, 6.45) is 2.32. The third-order valence-corrected chi connectivity index (χ3v) is 2.08. The SMILES string of the molecule is O=C(O)CCn1nnnc1-c1ccncc1F. The van der Waals surface area contributed by atoms with Crippen LogP contribution in [0.1, 0.15) is 6.42 Å². The number of tetrazole rings is 1. The second-order valence-electron chi connectivity index (χ2n) is 3.22. The lowest BCUT2D eigenvalue weighted by Gasteiger charge is -2.03. The van der Waals surface area contributed by atoms with Gasteiger partial charge < -0.3 is 5.11 Å². The smallest absolute Gasteiger partial charge is 0.305 e. The number of aromatic nitrogens is 5. The Balaban J connectivity index is 2.31. The monoisotopic (exact) mass is 237 g/mol. The number of hydrogen-bond donors (Lipinski definition) is 1. The first-order valence-electron chi connectivity index (χ1n) is 4.76. The number of nitrogens with zero attached hydrogens (tertiary/aromatic N) is 5. The van der Waals surface area contributed by atoms with Gasteiger partial charge in [-0.05, 0) is 16.5 Å². The topological polar surface area (TPSA) is 93.8 Å². The lowest BCUT2D eigenvalue weighted by atomic mass is 10.2. The largest absolute Gasteiger partial charge is 0.481 e. The number of hydrogen-bond acceptors (Lipinski definition) is 5. The number of carbonyl (C=O) groups is 1. The molecule has 7 nitrogen and oxygen atoms in total. The Hall–Kier alpha value is -2.38. The van der Waals surface area contributed by atoms with E-state index in [0.29, 0.717) is 0 Å². The van der Waals surface area contributed by atoms with Crippen molar-refractivity contribution in [2.75, 3.05) is 0 Å². The molecule has 88 valence electrons. The van der Waals surface area contributed by atoms with Crippen molar-refractivity contribution < 1.29 is 14.3 Å². The van der Waals surface area contributed by atoms with E-state index in [9.17, 15) is 9.18 Å². The molecule has 0 aromatic carbocycles. The summed E-state index contributed by atoms with van der Waals surface area (Å²) in [5.41, 5.74) is 0.190. The molecular formula is C9H8FN5O2. The minimum absolute atomic E-state index is 0.0828. The van der Waals surface area contributed by atoms with Gasteiger partial charge in [-0.3, -0.25) is 9.78 Å². The molecule has 2 heterocycles. The second kappa shape index (κ2) is 4.64. The quantitative estimate of drug-likeness (QED) is 0.824. The number of halogens is 1. The van der Waals surface area contributed by atoms with E-state index in [4.69, 9.17) is 5.11 Å². The number of rotatable bonds is 4. The molecule has 0 aliphatic heterocycles. The molecule has 2 aromatic heterocycles. The van der Waals surface area contributed by atoms with E-state index < -0.39 is 11.8 Å². The lowest BCUT2D eigenvalue weighted by Crippen LogP contribution is -2.08. The van der Waals surface area contributed by atoms with Gasteiger partial charge in [0.25, 0.3) is 0 Å². The zero-order valence-corrected chi connectivity index (χ0v) is 8.62. The Morgan fingerprint density at radius 3 is 3.06 bits per heavy atom. The minimum atomic E-state index is -0.971. The van der Waals surface area contributed by atoms with Gasteiger partial charge in [-0.1, -0.05) is 0 Å². The highest BCUT2D eigenvalue weighted by molar-refractivity contribution is 5.66. The van der Waals surface area contributed by atoms with Gasteiger partial charge in [0.2, 0.25) is 0 Å². The molecule has 0 saturated carbocycles. The summed E-state index contributed by atoms with van der Waals surface area (Å²) in [6.45, 7) is 0.0828. The standard InChI is InChI=1S/C9H8FN5O2/c10-7-5-11-3-1-6(7)9-12-13-14-15(9)4-2-8(16)17/h1,3,5H,2,4H2,(H,16,17). The first kappa shape index (κ1) is 11.1. The zero-order valence-electron chi connectivity index (χ0n) is 8.62. The minimum Gasteiger partial charge on any atom is -0.481 e. The Morgan fingerprint density at radius 1 is 1.53 bits per heavy atom. The van der Waals surface area contributed by atoms with Crippen molar-refractivity contribution in [1.29, 1.82) is 0 Å². The van der Waals surface area contributed by atoms with Gasteiger partial charge in [-0.25, -0.2) is 9.07 Å². The number of carboxylic acids is 1. The molecule has 0 atom stereocenters. The molecule has 0 fully saturated rings. The van der Waals surface area contributed by atoms with Crippen molar-refractivity contribution in [1.82, 2.24) is 25.2 Å². The summed E-state index contributed by atoms with van der Waals surface area (Å²) in [5.74, 6) is -1.34. The normalized spacial score (nSPS) is 10.4. The Kier molecular flexibility index (Phi) is 3.03. The highest BCUT2D eigenvalue weighted by Gasteiger charge is 2.13. The van der Waals surface area contributed by atoms with Crippen molar-refractivity contribution in [3.8, 4) is 11.4 Å². The van der Waals surface area contributed by atoms with Gasteiger partial charge in [-0.15, -0.1) is 5.10 Å². The summed E-state index contributed by atoms with van der Waals surface area (Å²) in [5, 5.41) is 19.2. The van der Waals surface area contributed by atoms with Gasteiger partial charge in [0.05, 0.1) is 24.7 Å². The highest BCUT2D eigenvalue weighted by atomic mass is 19.1. The third-order valence-electron chi connectivity index (χ3n) is 2.08. The van der Waals surface area contributed by atoms with Crippen molar-refractivity contribution in [3.05, 3.63) is 24.3 Å².